The molecule has 0 saturated carbocycles. The topological polar surface area (TPSA) is 38.3 Å². The quantitative estimate of drug-likeness (QED) is 0.801. The minimum atomic E-state index is -0.256. The van der Waals surface area contributed by atoms with Crippen molar-refractivity contribution in [2.75, 3.05) is 13.7 Å². The van der Waals surface area contributed by atoms with Crippen LogP contribution in [0.25, 0.3) is 0 Å². The van der Waals surface area contributed by atoms with Crippen LogP contribution in [-0.2, 0) is 9.53 Å². The first-order chi connectivity index (χ1) is 8.08. The predicted octanol–water partition coefficient (Wildman–Crippen LogP) is 2.35. The lowest BCUT2D eigenvalue weighted by Crippen LogP contribution is -2.21. The smallest absolute Gasteiger partial charge is 0.307 e. The van der Waals surface area contributed by atoms with E-state index in [-0.39, 0.29) is 24.2 Å². The van der Waals surface area contributed by atoms with Crippen molar-refractivity contribution in [3.63, 3.8) is 0 Å². The van der Waals surface area contributed by atoms with Gasteiger partial charge in [0.1, 0.15) is 5.82 Å². The first-order valence-corrected chi connectivity index (χ1v) is 5.67. The van der Waals surface area contributed by atoms with Crippen LogP contribution in [0.4, 0.5) is 4.39 Å². The van der Waals surface area contributed by atoms with E-state index in [1.165, 1.54) is 6.07 Å². The summed E-state index contributed by atoms with van der Waals surface area (Å²) >= 11 is 0. The highest BCUT2D eigenvalue weighted by Gasteiger charge is 2.15. The van der Waals surface area contributed by atoms with E-state index in [1.54, 1.807) is 33.0 Å². The number of carbonyl (C=O) groups is 1. The van der Waals surface area contributed by atoms with Crippen LogP contribution in [0.1, 0.15) is 30.5 Å². The average Bonchev–Trinajstić information content (AvgIpc) is 2.30. The number of hydrogen-bond acceptors (Lipinski definition) is 3. The number of carbonyl (C=O) groups excluding carboxylic acids is 1. The van der Waals surface area contributed by atoms with Gasteiger partial charge in [0, 0.05) is 6.04 Å². The van der Waals surface area contributed by atoms with Crippen molar-refractivity contribution in [3.8, 4) is 0 Å². The minimum Gasteiger partial charge on any atom is -0.466 e. The van der Waals surface area contributed by atoms with Crippen LogP contribution in [0.15, 0.2) is 18.2 Å². The molecule has 1 atom stereocenters. The molecule has 1 unspecified atom stereocenters. The number of nitrogens with one attached hydrogen (secondary N) is 1. The SMILES string of the molecule is CCOC(=O)CC(NC)c1ccc(F)c(C)c1. The second-order valence-corrected chi connectivity index (χ2v) is 3.86. The van der Waals surface area contributed by atoms with E-state index in [0.717, 1.165) is 5.56 Å². The summed E-state index contributed by atoms with van der Waals surface area (Å²) in [6, 6.07) is 4.70. The van der Waals surface area contributed by atoms with E-state index in [0.29, 0.717) is 12.2 Å². The van der Waals surface area contributed by atoms with Gasteiger partial charge in [0.15, 0.2) is 0 Å². The number of hydrogen-bond donors (Lipinski definition) is 1. The highest BCUT2D eigenvalue weighted by atomic mass is 19.1. The second-order valence-electron chi connectivity index (χ2n) is 3.86. The van der Waals surface area contributed by atoms with E-state index in [9.17, 15) is 9.18 Å². The summed E-state index contributed by atoms with van der Waals surface area (Å²) in [4.78, 5) is 11.4. The molecule has 17 heavy (non-hydrogen) atoms. The lowest BCUT2D eigenvalue weighted by Gasteiger charge is -2.16. The highest BCUT2D eigenvalue weighted by Crippen LogP contribution is 2.19. The highest BCUT2D eigenvalue weighted by molar-refractivity contribution is 5.70. The summed E-state index contributed by atoms with van der Waals surface area (Å²) in [5, 5.41) is 3.03. The van der Waals surface area contributed by atoms with Crippen molar-refractivity contribution in [1.82, 2.24) is 5.32 Å². The van der Waals surface area contributed by atoms with Gasteiger partial charge in [0.25, 0.3) is 0 Å². The number of ether oxygens (including phenoxy) is 1. The zero-order valence-corrected chi connectivity index (χ0v) is 10.4. The molecule has 1 rings (SSSR count). The maximum atomic E-state index is 13.1. The molecule has 0 saturated heterocycles. The lowest BCUT2D eigenvalue weighted by molar-refractivity contribution is -0.143. The number of aryl methyl sites for hydroxylation is 1. The first kappa shape index (κ1) is 13.6. The van der Waals surface area contributed by atoms with E-state index < -0.39 is 0 Å². The van der Waals surface area contributed by atoms with Crippen LogP contribution < -0.4 is 5.32 Å². The molecular formula is C13H18FNO2. The third-order valence-corrected chi connectivity index (χ3v) is 2.61. The fraction of sp³-hybridized carbons (Fsp3) is 0.462. The van der Waals surface area contributed by atoms with E-state index in [1.807, 2.05) is 0 Å². The maximum absolute atomic E-state index is 13.1. The molecule has 3 nitrogen and oxygen atoms in total. The van der Waals surface area contributed by atoms with Crippen molar-refractivity contribution in [1.29, 1.82) is 0 Å². The molecule has 0 heterocycles. The fourth-order valence-electron chi connectivity index (χ4n) is 1.66. The molecule has 0 bridgehead atoms. The molecule has 0 aliphatic carbocycles. The average molecular weight is 239 g/mol. The summed E-state index contributed by atoms with van der Waals surface area (Å²) in [6.45, 7) is 3.85. The molecular weight excluding hydrogens is 221 g/mol. The summed E-state index contributed by atoms with van der Waals surface area (Å²) in [6.07, 6.45) is 0.245. The Labute approximate surface area is 101 Å². The van der Waals surface area contributed by atoms with Gasteiger partial charge in [-0.1, -0.05) is 12.1 Å². The van der Waals surface area contributed by atoms with Crippen LogP contribution in [0.5, 0.6) is 0 Å². The summed E-state index contributed by atoms with van der Waals surface area (Å²) in [7, 11) is 1.77. The second kappa shape index (κ2) is 6.35. The monoisotopic (exact) mass is 239 g/mol. The van der Waals surface area contributed by atoms with Gasteiger partial charge in [0.2, 0.25) is 0 Å². The van der Waals surface area contributed by atoms with Gasteiger partial charge in [-0.3, -0.25) is 4.79 Å². The van der Waals surface area contributed by atoms with Gasteiger partial charge in [0.05, 0.1) is 13.0 Å². The number of esters is 1. The third-order valence-electron chi connectivity index (χ3n) is 2.61. The molecule has 4 heteroatoms. The van der Waals surface area contributed by atoms with Crippen LogP contribution >= 0.6 is 0 Å². The van der Waals surface area contributed by atoms with Crippen LogP contribution in [0, 0.1) is 12.7 Å². The zero-order chi connectivity index (χ0) is 12.8. The van der Waals surface area contributed by atoms with Gasteiger partial charge < -0.3 is 10.1 Å². The van der Waals surface area contributed by atoms with Crippen molar-refractivity contribution >= 4 is 5.97 Å². The Morgan fingerprint density at radius 1 is 1.53 bits per heavy atom. The Hall–Kier alpha value is -1.42. The lowest BCUT2D eigenvalue weighted by atomic mass is 10.0. The number of rotatable bonds is 5. The van der Waals surface area contributed by atoms with Crippen molar-refractivity contribution in [3.05, 3.63) is 35.1 Å². The zero-order valence-electron chi connectivity index (χ0n) is 10.4. The van der Waals surface area contributed by atoms with Gasteiger partial charge in [-0.2, -0.15) is 0 Å². The number of halogens is 1. The Morgan fingerprint density at radius 2 is 2.24 bits per heavy atom. The molecule has 0 aliphatic rings. The minimum absolute atomic E-state index is 0.145. The van der Waals surface area contributed by atoms with Crippen molar-refractivity contribution in [2.24, 2.45) is 0 Å². The molecule has 0 radical (unpaired) electrons. The van der Waals surface area contributed by atoms with E-state index in [4.69, 9.17) is 4.74 Å². The van der Waals surface area contributed by atoms with E-state index in [2.05, 4.69) is 5.32 Å². The largest absolute Gasteiger partial charge is 0.466 e. The normalized spacial score (nSPS) is 12.2. The Kier molecular flexibility index (Phi) is 5.10. The fourth-order valence-corrected chi connectivity index (χ4v) is 1.66. The maximum Gasteiger partial charge on any atom is 0.307 e. The Bertz CT molecular complexity index is 393. The standard InChI is InChI=1S/C13H18FNO2/c1-4-17-13(16)8-12(15-3)10-5-6-11(14)9(2)7-10/h5-7,12,15H,4,8H2,1-3H3. The van der Waals surface area contributed by atoms with Crippen molar-refractivity contribution < 1.29 is 13.9 Å². The molecule has 1 aromatic rings. The van der Waals surface area contributed by atoms with Crippen LogP contribution in [0.2, 0.25) is 0 Å². The van der Waals surface area contributed by atoms with Crippen molar-refractivity contribution in [2.45, 2.75) is 26.3 Å². The summed E-state index contributed by atoms with van der Waals surface area (Å²) in [5.74, 6) is -0.492. The molecule has 0 aromatic heterocycles. The van der Waals surface area contributed by atoms with Gasteiger partial charge in [-0.15, -0.1) is 0 Å². The first-order valence-electron chi connectivity index (χ1n) is 5.67. The molecule has 94 valence electrons. The molecule has 0 spiro atoms. The molecule has 0 aliphatic heterocycles. The van der Waals surface area contributed by atoms with Gasteiger partial charge >= 0.3 is 5.97 Å². The summed E-state index contributed by atoms with van der Waals surface area (Å²) in [5.41, 5.74) is 1.46. The predicted molar refractivity (Wildman–Crippen MR) is 64.2 cm³/mol. The molecule has 0 amide bonds. The van der Waals surface area contributed by atoms with Crippen LogP contribution in [0.3, 0.4) is 0 Å². The Balaban J connectivity index is 2.79. The van der Waals surface area contributed by atoms with Gasteiger partial charge in [-0.25, -0.2) is 4.39 Å². The van der Waals surface area contributed by atoms with E-state index >= 15 is 0 Å². The number of benzene rings is 1. The third kappa shape index (κ3) is 3.82. The Morgan fingerprint density at radius 3 is 2.76 bits per heavy atom. The van der Waals surface area contributed by atoms with Gasteiger partial charge in [-0.05, 0) is 38.1 Å². The molecule has 0 fully saturated rings. The summed E-state index contributed by atoms with van der Waals surface area (Å²) < 4.78 is 18.0. The molecule has 1 aromatic carbocycles. The van der Waals surface area contributed by atoms with Crippen LogP contribution in [-0.4, -0.2) is 19.6 Å². The molecule has 1 N–H and O–H groups in total.